The molecular formula is C13H26Cl2F3N3O. The van der Waals surface area contributed by atoms with Crippen molar-refractivity contribution >= 4 is 30.7 Å². The molecule has 0 spiro atoms. The van der Waals surface area contributed by atoms with E-state index in [0.29, 0.717) is 26.1 Å². The quantitative estimate of drug-likeness (QED) is 0.814. The Balaban J connectivity index is 0. The average Bonchev–Trinajstić information content (AvgIpc) is 2.49. The van der Waals surface area contributed by atoms with Gasteiger partial charge in [-0.05, 0) is 11.8 Å². The largest absolute Gasteiger partial charge is 0.401 e. The molecule has 22 heavy (non-hydrogen) atoms. The third-order valence-electron chi connectivity index (χ3n) is 3.50. The van der Waals surface area contributed by atoms with E-state index in [0.717, 1.165) is 0 Å². The van der Waals surface area contributed by atoms with E-state index in [9.17, 15) is 18.0 Å². The molecule has 0 aromatic heterocycles. The summed E-state index contributed by atoms with van der Waals surface area (Å²) in [6.45, 7) is 6.09. The lowest BCUT2D eigenvalue weighted by atomic mass is 9.86. The zero-order valence-electron chi connectivity index (χ0n) is 13.2. The number of rotatable bonds is 2. The van der Waals surface area contributed by atoms with Crippen LogP contribution in [0.3, 0.4) is 0 Å². The number of nitrogens with zero attached hydrogens (tertiary/aromatic N) is 2. The number of carbonyl (C=O) groups is 1. The zero-order chi connectivity index (χ0) is 15.6. The summed E-state index contributed by atoms with van der Waals surface area (Å²) in [5.74, 6) is -0.175. The van der Waals surface area contributed by atoms with Gasteiger partial charge in [-0.15, -0.1) is 24.8 Å². The maximum Gasteiger partial charge on any atom is 0.401 e. The predicted molar refractivity (Wildman–Crippen MR) is 85.6 cm³/mol. The van der Waals surface area contributed by atoms with E-state index in [1.165, 1.54) is 4.90 Å². The number of alkyl halides is 3. The van der Waals surface area contributed by atoms with E-state index in [1.54, 1.807) is 4.90 Å². The van der Waals surface area contributed by atoms with Gasteiger partial charge >= 0.3 is 6.18 Å². The first kappa shape index (κ1) is 24.0. The molecule has 1 rings (SSSR count). The maximum atomic E-state index is 12.4. The molecule has 0 bridgehead atoms. The minimum atomic E-state index is -4.19. The fraction of sp³-hybridized carbons (Fsp3) is 0.923. The monoisotopic (exact) mass is 367 g/mol. The van der Waals surface area contributed by atoms with Crippen LogP contribution in [0, 0.1) is 5.41 Å². The second-order valence-corrected chi connectivity index (χ2v) is 6.41. The van der Waals surface area contributed by atoms with Crippen LogP contribution in [0.2, 0.25) is 0 Å². The van der Waals surface area contributed by atoms with Gasteiger partial charge in [-0.1, -0.05) is 20.8 Å². The molecule has 2 N–H and O–H groups in total. The highest BCUT2D eigenvalue weighted by Gasteiger charge is 2.34. The van der Waals surface area contributed by atoms with Crippen LogP contribution in [0.5, 0.6) is 0 Å². The van der Waals surface area contributed by atoms with Crippen LogP contribution in [-0.4, -0.2) is 60.6 Å². The van der Waals surface area contributed by atoms with Crippen molar-refractivity contribution in [3.8, 4) is 0 Å². The van der Waals surface area contributed by atoms with Crippen molar-refractivity contribution in [3.05, 3.63) is 0 Å². The summed E-state index contributed by atoms with van der Waals surface area (Å²) < 4.78 is 37.1. The zero-order valence-corrected chi connectivity index (χ0v) is 14.8. The van der Waals surface area contributed by atoms with Crippen LogP contribution in [0.25, 0.3) is 0 Å². The standard InChI is InChI=1S/C13H24F3N3O.2ClH/c1-12(2,3)10(17)11(20)19-6-4-5-18(7-8-19)9-13(14,15)16;;/h10H,4-9,17H2,1-3H3;2*1H/t10-;;/m1../s1. The molecule has 0 aromatic rings. The molecule has 1 fully saturated rings. The third kappa shape index (κ3) is 7.85. The molecule has 1 atom stereocenters. The van der Waals surface area contributed by atoms with E-state index in [2.05, 4.69) is 0 Å². The predicted octanol–water partition coefficient (Wildman–Crippen LogP) is 2.30. The molecule has 0 unspecified atom stereocenters. The molecule has 0 aromatic carbocycles. The lowest BCUT2D eigenvalue weighted by Gasteiger charge is -2.31. The summed E-state index contributed by atoms with van der Waals surface area (Å²) in [6, 6.07) is -0.628. The summed E-state index contributed by atoms with van der Waals surface area (Å²) in [4.78, 5) is 15.2. The number of carbonyl (C=O) groups excluding carboxylic acids is 1. The molecule has 1 aliphatic heterocycles. The number of halogens is 5. The van der Waals surface area contributed by atoms with Crippen molar-refractivity contribution in [1.82, 2.24) is 9.80 Å². The molecule has 0 aliphatic carbocycles. The Kier molecular flexibility index (Phi) is 9.99. The number of nitrogens with two attached hydrogens (primary N) is 1. The van der Waals surface area contributed by atoms with Gasteiger partial charge in [-0.3, -0.25) is 9.69 Å². The minimum absolute atomic E-state index is 0. The molecule has 134 valence electrons. The topological polar surface area (TPSA) is 49.6 Å². The first-order valence-electron chi connectivity index (χ1n) is 6.84. The lowest BCUT2D eigenvalue weighted by Crippen LogP contribution is -2.51. The van der Waals surface area contributed by atoms with Gasteiger partial charge in [0.05, 0.1) is 12.6 Å². The second-order valence-electron chi connectivity index (χ2n) is 6.41. The van der Waals surface area contributed by atoms with Gasteiger partial charge in [-0.2, -0.15) is 13.2 Å². The minimum Gasteiger partial charge on any atom is -0.340 e. The van der Waals surface area contributed by atoms with Crippen molar-refractivity contribution in [2.24, 2.45) is 11.1 Å². The summed E-state index contributed by atoms with van der Waals surface area (Å²) in [6.07, 6.45) is -3.65. The summed E-state index contributed by atoms with van der Waals surface area (Å²) in [5, 5.41) is 0. The molecule has 1 amide bonds. The van der Waals surface area contributed by atoms with E-state index < -0.39 is 18.8 Å². The fourth-order valence-electron chi connectivity index (χ4n) is 2.17. The molecular weight excluding hydrogens is 342 g/mol. The highest BCUT2D eigenvalue weighted by Crippen LogP contribution is 2.21. The highest BCUT2D eigenvalue weighted by molar-refractivity contribution is 5.85. The van der Waals surface area contributed by atoms with Gasteiger partial charge in [0, 0.05) is 26.2 Å². The molecule has 1 saturated heterocycles. The van der Waals surface area contributed by atoms with Crippen molar-refractivity contribution in [2.45, 2.75) is 39.4 Å². The van der Waals surface area contributed by atoms with E-state index in [4.69, 9.17) is 5.73 Å². The van der Waals surface area contributed by atoms with E-state index >= 15 is 0 Å². The van der Waals surface area contributed by atoms with Crippen LogP contribution in [0.1, 0.15) is 27.2 Å². The SMILES string of the molecule is CC(C)(C)[C@H](N)C(=O)N1CCCN(CC(F)(F)F)CC1.Cl.Cl. The normalized spacial score (nSPS) is 18.8. The smallest absolute Gasteiger partial charge is 0.340 e. The number of hydrogen-bond acceptors (Lipinski definition) is 3. The number of amides is 1. The summed E-state index contributed by atoms with van der Waals surface area (Å²) in [5.41, 5.74) is 5.58. The Hall–Kier alpha value is -0.240. The second kappa shape index (κ2) is 9.15. The van der Waals surface area contributed by atoms with Crippen molar-refractivity contribution in [1.29, 1.82) is 0 Å². The highest BCUT2D eigenvalue weighted by atomic mass is 35.5. The van der Waals surface area contributed by atoms with Crippen LogP contribution in [0.4, 0.5) is 13.2 Å². The lowest BCUT2D eigenvalue weighted by molar-refractivity contribution is -0.145. The summed E-state index contributed by atoms with van der Waals surface area (Å²) in [7, 11) is 0. The van der Waals surface area contributed by atoms with Gasteiger partial charge < -0.3 is 10.6 Å². The summed E-state index contributed by atoms with van der Waals surface area (Å²) >= 11 is 0. The Morgan fingerprint density at radius 1 is 1.09 bits per heavy atom. The molecule has 0 saturated carbocycles. The fourth-order valence-corrected chi connectivity index (χ4v) is 2.17. The average molecular weight is 368 g/mol. The van der Waals surface area contributed by atoms with Gasteiger partial charge in [0.1, 0.15) is 0 Å². The van der Waals surface area contributed by atoms with Gasteiger partial charge in [-0.25, -0.2) is 0 Å². The Morgan fingerprint density at radius 2 is 1.64 bits per heavy atom. The van der Waals surface area contributed by atoms with Crippen molar-refractivity contribution in [2.75, 3.05) is 32.7 Å². The molecule has 4 nitrogen and oxygen atoms in total. The molecule has 1 heterocycles. The van der Waals surface area contributed by atoms with E-state index in [-0.39, 0.29) is 42.7 Å². The van der Waals surface area contributed by atoms with Crippen LogP contribution < -0.4 is 5.73 Å². The Labute approximate surface area is 142 Å². The first-order chi connectivity index (χ1) is 9.00. The molecule has 1 aliphatic rings. The van der Waals surface area contributed by atoms with Gasteiger partial charge in [0.25, 0.3) is 0 Å². The van der Waals surface area contributed by atoms with Crippen LogP contribution in [-0.2, 0) is 4.79 Å². The Bertz CT molecular complexity index is 348. The number of hydrogen-bond donors (Lipinski definition) is 1. The maximum absolute atomic E-state index is 12.4. The van der Waals surface area contributed by atoms with E-state index in [1.807, 2.05) is 20.8 Å². The van der Waals surface area contributed by atoms with Crippen molar-refractivity contribution < 1.29 is 18.0 Å². The van der Waals surface area contributed by atoms with Gasteiger partial charge in [0.15, 0.2) is 0 Å². The molecule has 9 heteroatoms. The van der Waals surface area contributed by atoms with Crippen LogP contribution in [0.15, 0.2) is 0 Å². The first-order valence-corrected chi connectivity index (χ1v) is 6.84. The van der Waals surface area contributed by atoms with Crippen molar-refractivity contribution in [3.63, 3.8) is 0 Å². The molecule has 0 radical (unpaired) electrons. The third-order valence-corrected chi connectivity index (χ3v) is 3.50. The Morgan fingerprint density at radius 3 is 2.09 bits per heavy atom. The van der Waals surface area contributed by atoms with Crippen LogP contribution >= 0.6 is 24.8 Å². The van der Waals surface area contributed by atoms with Gasteiger partial charge in [0.2, 0.25) is 5.91 Å².